The maximum atomic E-state index is 6.58. The minimum Gasteiger partial charge on any atom is -0.456 e. The van der Waals surface area contributed by atoms with Gasteiger partial charge in [-0.3, -0.25) is 0 Å². The summed E-state index contributed by atoms with van der Waals surface area (Å²) in [4.78, 5) is 10.5. The molecular weight excluding hydrogens is 655 g/mol. The summed E-state index contributed by atoms with van der Waals surface area (Å²) < 4.78 is 9.15. The molecule has 5 heteroatoms. The Morgan fingerprint density at radius 3 is 2.06 bits per heavy atom. The Labute approximate surface area is 303 Å². The van der Waals surface area contributed by atoms with Crippen LogP contribution in [0.4, 0.5) is 0 Å². The first kappa shape index (κ1) is 29.2. The lowest BCUT2D eigenvalue weighted by molar-refractivity contribution is 0.668. The van der Waals surface area contributed by atoms with E-state index in [1.165, 1.54) is 36.3 Å². The third-order valence-corrected chi connectivity index (χ3v) is 11.5. The number of fused-ring (bicyclic) bond motifs is 9. The average Bonchev–Trinajstić information content (AvgIpc) is 3.79. The van der Waals surface area contributed by atoms with Gasteiger partial charge < -0.3 is 9.73 Å². The number of rotatable bonds is 4. The molecule has 8 aromatic carbocycles. The van der Waals surface area contributed by atoms with E-state index in [9.17, 15) is 0 Å². The number of hydrogen-bond acceptors (Lipinski definition) is 5. The molecule has 244 valence electrons. The minimum atomic E-state index is -0.320. The lowest BCUT2D eigenvalue weighted by Gasteiger charge is -2.24. The van der Waals surface area contributed by atoms with Gasteiger partial charge in [0.25, 0.3) is 0 Å². The van der Waals surface area contributed by atoms with E-state index < -0.39 is 0 Å². The van der Waals surface area contributed by atoms with Crippen molar-refractivity contribution in [3.63, 3.8) is 0 Å². The highest BCUT2D eigenvalue weighted by Gasteiger charge is 2.25. The van der Waals surface area contributed by atoms with Crippen LogP contribution < -0.4 is 5.32 Å². The molecule has 0 bridgehead atoms. The van der Waals surface area contributed by atoms with E-state index in [0.29, 0.717) is 5.84 Å². The number of nitrogens with one attached hydrogen (secondary N) is 1. The van der Waals surface area contributed by atoms with E-state index in [1.807, 2.05) is 17.4 Å². The summed E-state index contributed by atoms with van der Waals surface area (Å²) in [6.45, 7) is 0. The van der Waals surface area contributed by atoms with E-state index in [2.05, 4.69) is 163 Å². The molecule has 0 amide bonds. The van der Waals surface area contributed by atoms with Crippen molar-refractivity contribution < 1.29 is 4.42 Å². The van der Waals surface area contributed by atoms with Gasteiger partial charge in [-0.25, -0.2) is 9.98 Å². The Morgan fingerprint density at radius 2 is 1.17 bits per heavy atom. The Morgan fingerprint density at radius 1 is 0.500 bits per heavy atom. The van der Waals surface area contributed by atoms with Gasteiger partial charge in [-0.15, -0.1) is 11.3 Å². The molecule has 0 saturated carbocycles. The smallest absolute Gasteiger partial charge is 0.159 e. The number of amidine groups is 2. The number of aliphatic imine (C=N–C) groups is 2. The molecule has 1 N–H and O–H groups in total. The van der Waals surface area contributed by atoms with E-state index in [4.69, 9.17) is 14.4 Å². The van der Waals surface area contributed by atoms with Crippen LogP contribution in [0.2, 0.25) is 0 Å². The topological polar surface area (TPSA) is 49.9 Å². The van der Waals surface area contributed by atoms with Crippen molar-refractivity contribution in [1.29, 1.82) is 0 Å². The number of nitrogens with zero attached hydrogens (tertiary/aromatic N) is 2. The molecule has 0 saturated heterocycles. The van der Waals surface area contributed by atoms with Gasteiger partial charge in [-0.2, -0.15) is 0 Å². The van der Waals surface area contributed by atoms with Crippen molar-refractivity contribution in [3.8, 4) is 11.1 Å². The molecule has 3 heterocycles. The molecule has 0 radical (unpaired) electrons. The minimum absolute atomic E-state index is 0.320. The first-order valence-electron chi connectivity index (χ1n) is 17.5. The largest absolute Gasteiger partial charge is 0.456 e. The fourth-order valence-corrected chi connectivity index (χ4v) is 9.02. The molecule has 1 aliphatic heterocycles. The lowest BCUT2D eigenvalue weighted by Crippen LogP contribution is -2.33. The number of furan rings is 1. The number of benzene rings is 8. The zero-order valence-corrected chi connectivity index (χ0v) is 28.7. The van der Waals surface area contributed by atoms with E-state index in [0.717, 1.165) is 61.0 Å². The fraction of sp³-hybridized carbons (Fsp3) is 0.0213. The van der Waals surface area contributed by atoms with Crippen LogP contribution in [0.15, 0.2) is 178 Å². The summed E-state index contributed by atoms with van der Waals surface area (Å²) in [5.41, 5.74) is 6.99. The van der Waals surface area contributed by atoms with Crippen molar-refractivity contribution in [3.05, 3.63) is 180 Å². The Hall–Kier alpha value is -6.56. The standard InChI is InChI=1S/C47H29N3OS/c1-2-11-29(12-3-1)45-48-46(32-23-24-34-30(26-32)21-20-28-10-4-5-13-33(28)34)50-47(49-45)38-16-9-18-40-44(38)43-35(15-8-17-39(43)51-40)31-22-25-37-36-14-6-7-19-41(36)52-42(37)27-31/h1-27,45H,(H,48,49,50). The summed E-state index contributed by atoms with van der Waals surface area (Å²) in [5, 5.41) is 13.3. The quantitative estimate of drug-likeness (QED) is 0.188. The van der Waals surface area contributed by atoms with Crippen molar-refractivity contribution in [1.82, 2.24) is 5.32 Å². The Kier molecular flexibility index (Phi) is 6.45. The van der Waals surface area contributed by atoms with Crippen LogP contribution >= 0.6 is 11.3 Å². The predicted octanol–water partition coefficient (Wildman–Crippen LogP) is 12.4. The van der Waals surface area contributed by atoms with Crippen LogP contribution in [0.1, 0.15) is 22.9 Å². The SMILES string of the molecule is c1ccc(C2N=C(c3ccc4c(ccc5ccccc54)c3)N=C(c3cccc4oc5cccc(-c6ccc7c(c6)sc6ccccc67)c5c34)N2)cc1. The highest BCUT2D eigenvalue weighted by molar-refractivity contribution is 7.25. The predicted molar refractivity (Wildman–Crippen MR) is 219 cm³/mol. The van der Waals surface area contributed by atoms with Gasteiger partial charge >= 0.3 is 0 Å². The second kappa shape index (κ2) is 11.5. The van der Waals surface area contributed by atoms with Gasteiger partial charge in [0.2, 0.25) is 0 Å². The summed E-state index contributed by atoms with van der Waals surface area (Å²) in [6, 6.07) is 57.9. The van der Waals surface area contributed by atoms with Crippen LogP contribution in [-0.4, -0.2) is 11.7 Å². The van der Waals surface area contributed by atoms with Crippen molar-refractivity contribution in [2.45, 2.75) is 6.17 Å². The fourth-order valence-electron chi connectivity index (χ4n) is 7.87. The van der Waals surface area contributed by atoms with Crippen LogP contribution in [0.25, 0.3) is 74.8 Å². The summed E-state index contributed by atoms with van der Waals surface area (Å²) in [6.07, 6.45) is -0.320. The van der Waals surface area contributed by atoms with Crippen LogP contribution in [-0.2, 0) is 0 Å². The van der Waals surface area contributed by atoms with E-state index in [1.54, 1.807) is 0 Å². The molecule has 52 heavy (non-hydrogen) atoms. The van der Waals surface area contributed by atoms with Crippen LogP contribution in [0, 0.1) is 0 Å². The van der Waals surface area contributed by atoms with Crippen LogP contribution in [0.3, 0.4) is 0 Å². The molecule has 4 nitrogen and oxygen atoms in total. The third-order valence-electron chi connectivity index (χ3n) is 10.3. The Bertz CT molecular complexity index is 3120. The van der Waals surface area contributed by atoms with Crippen molar-refractivity contribution >= 4 is 86.7 Å². The molecule has 1 atom stereocenters. The molecule has 1 unspecified atom stereocenters. The number of hydrogen-bond donors (Lipinski definition) is 1. The van der Waals surface area contributed by atoms with E-state index in [-0.39, 0.29) is 6.17 Å². The van der Waals surface area contributed by atoms with Crippen molar-refractivity contribution in [2.24, 2.45) is 9.98 Å². The van der Waals surface area contributed by atoms with Crippen LogP contribution in [0.5, 0.6) is 0 Å². The summed E-state index contributed by atoms with van der Waals surface area (Å²) >= 11 is 1.84. The zero-order valence-electron chi connectivity index (χ0n) is 27.9. The second-order valence-electron chi connectivity index (χ2n) is 13.4. The molecule has 11 rings (SSSR count). The molecule has 0 fully saturated rings. The van der Waals surface area contributed by atoms with Gasteiger partial charge in [0.15, 0.2) is 5.84 Å². The summed E-state index contributed by atoms with van der Waals surface area (Å²) in [7, 11) is 0. The monoisotopic (exact) mass is 683 g/mol. The van der Waals surface area contributed by atoms with Gasteiger partial charge in [0.05, 0.1) is 0 Å². The second-order valence-corrected chi connectivity index (χ2v) is 14.4. The van der Waals surface area contributed by atoms with Crippen molar-refractivity contribution in [2.75, 3.05) is 0 Å². The normalized spacial score (nSPS) is 14.7. The van der Waals surface area contributed by atoms with Gasteiger partial charge in [0.1, 0.15) is 23.2 Å². The molecule has 1 aliphatic rings. The number of thiophene rings is 1. The summed E-state index contributed by atoms with van der Waals surface area (Å²) in [5.74, 6) is 1.46. The molecule has 2 aromatic heterocycles. The first-order valence-corrected chi connectivity index (χ1v) is 18.3. The van der Waals surface area contributed by atoms with Gasteiger partial charge in [0, 0.05) is 42.1 Å². The van der Waals surface area contributed by atoms with Gasteiger partial charge in [-0.05, 0) is 68.6 Å². The molecule has 0 aliphatic carbocycles. The third kappa shape index (κ3) is 4.60. The zero-order chi connectivity index (χ0) is 34.2. The Balaban J connectivity index is 1.10. The van der Waals surface area contributed by atoms with E-state index >= 15 is 0 Å². The molecule has 0 spiro atoms. The highest BCUT2D eigenvalue weighted by atomic mass is 32.1. The molecular formula is C47H29N3OS. The molecule has 10 aromatic rings. The average molecular weight is 684 g/mol. The maximum Gasteiger partial charge on any atom is 0.159 e. The highest BCUT2D eigenvalue weighted by Crippen LogP contribution is 2.42. The first-order chi connectivity index (χ1) is 25.7. The van der Waals surface area contributed by atoms with Gasteiger partial charge in [-0.1, -0.05) is 133 Å². The maximum absolute atomic E-state index is 6.58. The lowest BCUT2D eigenvalue weighted by atomic mass is 9.96.